The molecule has 0 bridgehead atoms. The molecular formula is C21H21Cl2N5O4S. The van der Waals surface area contributed by atoms with E-state index in [1.54, 1.807) is 11.0 Å². The number of aromatic nitrogens is 2. The Labute approximate surface area is 204 Å². The monoisotopic (exact) mass is 509 g/mol. The number of benzene rings is 1. The first-order chi connectivity index (χ1) is 15.9. The minimum absolute atomic E-state index is 0.0775. The Balaban J connectivity index is 1.44. The maximum atomic E-state index is 13.2. The molecule has 12 heteroatoms. The van der Waals surface area contributed by atoms with Gasteiger partial charge < -0.3 is 25.0 Å². The molecule has 1 aliphatic rings. The lowest BCUT2D eigenvalue weighted by atomic mass is 10.1. The van der Waals surface area contributed by atoms with Crippen molar-refractivity contribution in [2.24, 2.45) is 0 Å². The van der Waals surface area contributed by atoms with Gasteiger partial charge in [-0.2, -0.15) is 0 Å². The molecule has 2 N–H and O–H groups in total. The van der Waals surface area contributed by atoms with E-state index in [1.807, 2.05) is 18.2 Å². The predicted molar refractivity (Wildman–Crippen MR) is 127 cm³/mol. The zero-order valence-electron chi connectivity index (χ0n) is 17.7. The van der Waals surface area contributed by atoms with Crippen molar-refractivity contribution in [1.82, 2.24) is 19.8 Å². The van der Waals surface area contributed by atoms with E-state index in [4.69, 9.17) is 38.4 Å². The first-order valence-corrected chi connectivity index (χ1v) is 11.6. The fraction of sp³-hybridized carbons (Fsp3) is 0.333. The summed E-state index contributed by atoms with van der Waals surface area (Å²) in [6.45, 7) is 0.925. The van der Waals surface area contributed by atoms with Gasteiger partial charge in [-0.05, 0) is 23.8 Å². The van der Waals surface area contributed by atoms with Crippen LogP contribution in [0, 0.1) is 0 Å². The summed E-state index contributed by atoms with van der Waals surface area (Å²) >= 11 is 13.1. The molecule has 0 saturated carbocycles. The highest BCUT2D eigenvalue weighted by Gasteiger charge is 2.37. The largest absolute Gasteiger partial charge is 0.473 e. The van der Waals surface area contributed by atoms with E-state index >= 15 is 0 Å². The molecule has 0 spiro atoms. The van der Waals surface area contributed by atoms with Gasteiger partial charge in [0, 0.05) is 32.1 Å². The van der Waals surface area contributed by atoms with Gasteiger partial charge in [0.2, 0.25) is 5.91 Å². The van der Waals surface area contributed by atoms with E-state index in [1.165, 1.54) is 18.3 Å². The molecule has 1 saturated heterocycles. The third-order valence-corrected chi connectivity index (χ3v) is 6.86. The van der Waals surface area contributed by atoms with Crippen molar-refractivity contribution in [3.63, 3.8) is 0 Å². The van der Waals surface area contributed by atoms with E-state index in [-0.39, 0.29) is 25.0 Å². The van der Waals surface area contributed by atoms with Gasteiger partial charge in [-0.3, -0.25) is 9.59 Å². The predicted octanol–water partition coefficient (Wildman–Crippen LogP) is 2.85. The molecule has 1 unspecified atom stereocenters. The Hall–Kier alpha value is -2.66. The Kier molecular flexibility index (Phi) is 7.18. The van der Waals surface area contributed by atoms with Crippen LogP contribution >= 0.6 is 34.5 Å². The summed E-state index contributed by atoms with van der Waals surface area (Å²) in [4.78, 5) is 37.5. The minimum atomic E-state index is -0.749. The van der Waals surface area contributed by atoms with Crippen LogP contribution in [0.2, 0.25) is 9.36 Å². The lowest BCUT2D eigenvalue weighted by molar-refractivity contribution is -0.155. The molecular weight excluding hydrogens is 489 g/mol. The third-order valence-electron chi connectivity index (χ3n) is 5.29. The van der Waals surface area contributed by atoms with Gasteiger partial charge in [-0.25, -0.2) is 9.97 Å². The molecule has 1 aliphatic heterocycles. The number of ether oxygens (including phenoxy) is 2. The fourth-order valence-electron chi connectivity index (χ4n) is 3.69. The molecule has 4 rings (SSSR count). The van der Waals surface area contributed by atoms with Gasteiger partial charge in [0.25, 0.3) is 5.91 Å². The van der Waals surface area contributed by atoms with Crippen molar-refractivity contribution in [1.29, 1.82) is 0 Å². The number of carbonyl (C=O) groups is 2. The average molecular weight is 510 g/mol. The number of anilines is 1. The molecule has 1 fully saturated rings. The Morgan fingerprint density at radius 3 is 2.82 bits per heavy atom. The normalized spacial score (nSPS) is 16.5. The van der Waals surface area contributed by atoms with Crippen LogP contribution in [0.3, 0.4) is 0 Å². The number of nitrogen functional groups attached to an aromatic ring is 1. The zero-order chi connectivity index (χ0) is 23.5. The first kappa shape index (κ1) is 23.5. The average Bonchev–Trinajstić information content (AvgIpc) is 3.12. The molecule has 1 aromatic carbocycles. The second-order valence-corrected chi connectivity index (χ2v) is 9.46. The summed E-state index contributed by atoms with van der Waals surface area (Å²) in [6, 6.07) is 6.42. The van der Waals surface area contributed by atoms with Crippen LogP contribution in [-0.4, -0.2) is 71.0 Å². The molecule has 0 aliphatic carbocycles. The van der Waals surface area contributed by atoms with Crippen LogP contribution in [-0.2, 0) is 20.9 Å². The molecule has 1 atom stereocenters. The van der Waals surface area contributed by atoms with Gasteiger partial charge in [-0.1, -0.05) is 40.6 Å². The van der Waals surface area contributed by atoms with E-state index < -0.39 is 6.04 Å². The molecule has 3 heterocycles. The second kappa shape index (κ2) is 10.1. The molecule has 3 aromatic rings. The molecule has 174 valence electrons. The smallest absolute Gasteiger partial charge is 0.261 e. The van der Waals surface area contributed by atoms with E-state index in [9.17, 15) is 9.59 Å². The van der Waals surface area contributed by atoms with Gasteiger partial charge >= 0.3 is 0 Å². The minimum Gasteiger partial charge on any atom is -0.473 e. The van der Waals surface area contributed by atoms with Crippen LogP contribution in [0.15, 0.2) is 30.6 Å². The lowest BCUT2D eigenvalue weighted by Gasteiger charge is -2.40. The first-order valence-electron chi connectivity index (χ1n) is 10.0. The highest BCUT2D eigenvalue weighted by molar-refractivity contribution is 7.18. The molecule has 33 heavy (non-hydrogen) atoms. The number of carbonyl (C=O) groups excluding carboxylic acids is 2. The number of nitrogens with two attached hydrogens (primary N) is 1. The summed E-state index contributed by atoms with van der Waals surface area (Å²) in [5.74, 6) is -0.122. The van der Waals surface area contributed by atoms with E-state index in [2.05, 4.69) is 9.97 Å². The van der Waals surface area contributed by atoms with Crippen molar-refractivity contribution >= 4 is 63.1 Å². The molecule has 2 aromatic heterocycles. The Bertz CT molecular complexity index is 1190. The Morgan fingerprint density at radius 1 is 1.27 bits per heavy atom. The number of hydrogen-bond acceptors (Lipinski definition) is 8. The highest BCUT2D eigenvalue weighted by atomic mass is 35.5. The number of halogens is 2. The highest BCUT2D eigenvalue weighted by Crippen LogP contribution is 2.37. The topological polar surface area (TPSA) is 111 Å². The van der Waals surface area contributed by atoms with Gasteiger partial charge in [0.1, 0.15) is 18.2 Å². The zero-order valence-corrected chi connectivity index (χ0v) is 20.0. The molecule has 2 amide bonds. The maximum Gasteiger partial charge on any atom is 0.261 e. The van der Waals surface area contributed by atoms with Crippen LogP contribution in [0.5, 0.6) is 5.06 Å². The van der Waals surface area contributed by atoms with Crippen LogP contribution in [0.25, 0.3) is 10.9 Å². The summed E-state index contributed by atoms with van der Waals surface area (Å²) in [7, 11) is 1.49. The van der Waals surface area contributed by atoms with Gasteiger partial charge in [-0.15, -0.1) is 0 Å². The second-order valence-electron chi connectivity index (χ2n) is 7.40. The number of nitrogens with zero attached hydrogens (tertiary/aromatic N) is 4. The maximum absolute atomic E-state index is 13.2. The number of amides is 2. The fourth-order valence-corrected chi connectivity index (χ4v) is 5.04. The Morgan fingerprint density at radius 2 is 2.09 bits per heavy atom. The van der Waals surface area contributed by atoms with Crippen LogP contribution < -0.4 is 10.5 Å². The van der Waals surface area contributed by atoms with Crippen molar-refractivity contribution in [2.75, 3.05) is 39.1 Å². The number of rotatable bonds is 7. The van der Waals surface area contributed by atoms with E-state index in [0.717, 1.165) is 22.3 Å². The number of hydrogen-bond donors (Lipinski definition) is 1. The SMILES string of the molecule is COCC1C(=O)N(Cc2ccc3c(N)ncnc3c2)CCN1C(=O)COc1sc(Cl)cc1Cl. The summed E-state index contributed by atoms with van der Waals surface area (Å²) in [5, 5.41) is 1.46. The lowest BCUT2D eigenvalue weighted by Crippen LogP contribution is -2.60. The van der Waals surface area contributed by atoms with Crippen molar-refractivity contribution in [2.45, 2.75) is 12.6 Å². The molecule has 0 radical (unpaired) electrons. The van der Waals surface area contributed by atoms with Crippen LogP contribution in [0.4, 0.5) is 5.82 Å². The molecule has 9 nitrogen and oxygen atoms in total. The number of piperazine rings is 1. The summed E-state index contributed by atoms with van der Waals surface area (Å²) in [5.41, 5.74) is 7.50. The number of fused-ring (bicyclic) bond motifs is 1. The van der Waals surface area contributed by atoms with Gasteiger partial charge in [0.15, 0.2) is 11.7 Å². The number of thiophene rings is 1. The number of methoxy groups -OCH3 is 1. The van der Waals surface area contributed by atoms with E-state index in [0.29, 0.717) is 45.4 Å². The van der Waals surface area contributed by atoms with Gasteiger partial charge in [0.05, 0.1) is 21.5 Å². The van der Waals surface area contributed by atoms with Crippen molar-refractivity contribution in [3.05, 3.63) is 45.5 Å². The quantitative estimate of drug-likeness (QED) is 0.521. The van der Waals surface area contributed by atoms with Crippen molar-refractivity contribution in [3.8, 4) is 5.06 Å². The summed E-state index contributed by atoms with van der Waals surface area (Å²) in [6.07, 6.45) is 1.41. The summed E-state index contributed by atoms with van der Waals surface area (Å²) < 4.78 is 11.2. The third kappa shape index (κ3) is 5.14. The standard InChI is InChI=1S/C21H21Cl2N5O4S/c1-31-9-16-20(30)27(8-12-2-3-13-15(6-12)25-11-26-19(13)24)4-5-28(16)18(29)10-32-21-14(22)7-17(23)33-21/h2-3,6-7,11,16H,4-5,8-10H2,1H3,(H2,24,25,26). The van der Waals surface area contributed by atoms with Crippen molar-refractivity contribution < 1.29 is 19.1 Å². The van der Waals surface area contributed by atoms with Crippen LogP contribution in [0.1, 0.15) is 5.56 Å².